The molecule has 84 valence electrons. The molecule has 1 aromatic rings. The zero-order valence-corrected chi connectivity index (χ0v) is 10.4. The summed E-state index contributed by atoms with van der Waals surface area (Å²) in [5.41, 5.74) is 3.15. The molecule has 0 amide bonds. The van der Waals surface area contributed by atoms with Crippen LogP contribution in [0.3, 0.4) is 0 Å². The lowest BCUT2D eigenvalue weighted by molar-refractivity contribution is 0.612. The van der Waals surface area contributed by atoms with E-state index in [0.717, 1.165) is 30.4 Å². The molecule has 0 fully saturated rings. The second kappa shape index (κ2) is 5.31. The predicted molar refractivity (Wildman–Crippen MR) is 63.2 cm³/mol. The molecular formula is C12H18O2S. The molecule has 1 aromatic carbocycles. The van der Waals surface area contributed by atoms with Gasteiger partial charge in [-0.1, -0.05) is 32.9 Å². The van der Waals surface area contributed by atoms with Gasteiger partial charge in [0.05, 0.1) is 4.90 Å². The summed E-state index contributed by atoms with van der Waals surface area (Å²) < 4.78 is 22.4. The van der Waals surface area contributed by atoms with Crippen molar-refractivity contribution in [1.29, 1.82) is 0 Å². The molecule has 15 heavy (non-hydrogen) atoms. The van der Waals surface area contributed by atoms with E-state index in [2.05, 4.69) is 6.92 Å². The van der Waals surface area contributed by atoms with Gasteiger partial charge < -0.3 is 0 Å². The van der Waals surface area contributed by atoms with Crippen LogP contribution in [-0.2, 0) is 30.0 Å². The zero-order chi connectivity index (χ0) is 11.4. The smallest absolute Gasteiger partial charge is 0.168 e. The van der Waals surface area contributed by atoms with Gasteiger partial charge in [0.1, 0.15) is 0 Å². The summed E-state index contributed by atoms with van der Waals surface area (Å²) in [6.45, 7) is 6.08. The fourth-order valence-electron chi connectivity index (χ4n) is 1.81. The van der Waals surface area contributed by atoms with Crippen LogP contribution in [0.2, 0.25) is 0 Å². The molecule has 1 rings (SSSR count). The number of thiol groups is 1. The van der Waals surface area contributed by atoms with E-state index in [9.17, 15) is 8.42 Å². The first kappa shape index (κ1) is 12.2. The van der Waals surface area contributed by atoms with Crippen molar-refractivity contribution in [2.45, 2.75) is 44.9 Å². The maximum atomic E-state index is 11.2. The normalized spacial score (nSPS) is 10.9. The van der Waals surface area contributed by atoms with Crippen LogP contribution in [0, 0.1) is 0 Å². The summed E-state index contributed by atoms with van der Waals surface area (Å²) in [6.07, 6.45) is 2.51. The number of rotatable bonds is 4. The second-order valence-electron chi connectivity index (χ2n) is 3.58. The highest BCUT2D eigenvalue weighted by Crippen LogP contribution is 2.21. The minimum Gasteiger partial charge on any atom is -0.227 e. The third kappa shape index (κ3) is 2.59. The lowest BCUT2D eigenvalue weighted by Gasteiger charge is -2.10. The van der Waals surface area contributed by atoms with Gasteiger partial charge in [0.15, 0.2) is 10.7 Å². The molecule has 0 aromatic heterocycles. The summed E-state index contributed by atoms with van der Waals surface area (Å²) in [7, 11) is -2.47. The highest BCUT2D eigenvalue weighted by Gasteiger charge is 2.10. The average molecular weight is 226 g/mol. The van der Waals surface area contributed by atoms with Crippen molar-refractivity contribution in [1.82, 2.24) is 0 Å². The van der Waals surface area contributed by atoms with E-state index in [1.807, 2.05) is 26.0 Å². The van der Waals surface area contributed by atoms with Gasteiger partial charge in [-0.25, -0.2) is 8.42 Å². The quantitative estimate of drug-likeness (QED) is 0.800. The number of hydrogen-bond acceptors (Lipinski definition) is 2. The molecule has 0 atom stereocenters. The summed E-state index contributed by atoms with van der Waals surface area (Å²) in [5, 5.41) is 0. The Hall–Kier alpha value is -0.830. The molecule has 0 N–H and O–H groups in total. The van der Waals surface area contributed by atoms with Gasteiger partial charge in [-0.15, -0.1) is 0 Å². The van der Waals surface area contributed by atoms with Crippen molar-refractivity contribution in [3.8, 4) is 0 Å². The zero-order valence-electron chi connectivity index (χ0n) is 9.54. The van der Waals surface area contributed by atoms with E-state index < -0.39 is 10.7 Å². The minimum absolute atomic E-state index is 0.548. The lowest BCUT2D eigenvalue weighted by atomic mass is 10.0. The van der Waals surface area contributed by atoms with Gasteiger partial charge in [-0.05, 0) is 36.0 Å². The Morgan fingerprint density at radius 2 is 1.40 bits per heavy atom. The molecule has 0 bridgehead atoms. The van der Waals surface area contributed by atoms with Crippen LogP contribution in [0.25, 0.3) is 0 Å². The van der Waals surface area contributed by atoms with Crippen molar-refractivity contribution >= 4 is 10.7 Å². The van der Waals surface area contributed by atoms with Gasteiger partial charge in [0.25, 0.3) is 0 Å². The fourth-order valence-corrected chi connectivity index (χ4v) is 2.72. The van der Waals surface area contributed by atoms with E-state index in [4.69, 9.17) is 0 Å². The first-order chi connectivity index (χ1) is 7.13. The monoisotopic (exact) mass is 226 g/mol. The van der Waals surface area contributed by atoms with Crippen LogP contribution in [0.1, 0.15) is 37.5 Å². The Morgan fingerprint density at radius 3 is 1.67 bits per heavy atom. The molecule has 0 aliphatic heterocycles. The molecule has 0 aliphatic carbocycles. The van der Waals surface area contributed by atoms with E-state index in [0.29, 0.717) is 4.90 Å². The van der Waals surface area contributed by atoms with Gasteiger partial charge >= 0.3 is 0 Å². The first-order valence-electron chi connectivity index (χ1n) is 5.43. The average Bonchev–Trinajstić information content (AvgIpc) is 2.26. The SMILES string of the molecule is CCc1cc(CC)c([SH](=O)=O)c(CC)c1. The van der Waals surface area contributed by atoms with Crippen molar-refractivity contribution in [3.63, 3.8) is 0 Å². The van der Waals surface area contributed by atoms with Gasteiger partial charge in [0, 0.05) is 0 Å². The van der Waals surface area contributed by atoms with Gasteiger partial charge in [-0.2, -0.15) is 0 Å². The summed E-state index contributed by atoms with van der Waals surface area (Å²) in [5.74, 6) is 0. The topological polar surface area (TPSA) is 34.1 Å². The molecule has 0 radical (unpaired) electrons. The highest BCUT2D eigenvalue weighted by molar-refractivity contribution is 7.72. The van der Waals surface area contributed by atoms with Crippen LogP contribution in [0.4, 0.5) is 0 Å². The molecule has 3 heteroatoms. The standard InChI is InChI=1S/C12H18O2S/c1-4-9-7-10(5-2)12(15(13)14)11(6-3)8-9/h7-8,15H,4-6H2,1-3H3. The summed E-state index contributed by atoms with van der Waals surface area (Å²) in [6, 6.07) is 4.03. The van der Waals surface area contributed by atoms with Crippen molar-refractivity contribution in [2.24, 2.45) is 0 Å². The molecule has 0 saturated carbocycles. The molecular weight excluding hydrogens is 208 g/mol. The summed E-state index contributed by atoms with van der Waals surface area (Å²) in [4.78, 5) is 0.548. The Morgan fingerprint density at radius 1 is 0.933 bits per heavy atom. The predicted octanol–water partition coefficient (Wildman–Crippen LogP) is 2.34. The molecule has 0 heterocycles. The Kier molecular flexibility index (Phi) is 4.33. The largest absolute Gasteiger partial charge is 0.227 e. The van der Waals surface area contributed by atoms with Crippen LogP contribution in [0.5, 0.6) is 0 Å². The van der Waals surface area contributed by atoms with Crippen molar-refractivity contribution < 1.29 is 8.42 Å². The van der Waals surface area contributed by atoms with E-state index in [1.165, 1.54) is 5.56 Å². The minimum atomic E-state index is -2.47. The number of hydrogen-bond donors (Lipinski definition) is 1. The van der Waals surface area contributed by atoms with Crippen LogP contribution < -0.4 is 0 Å². The molecule has 0 aliphatic rings. The van der Waals surface area contributed by atoms with Crippen LogP contribution in [0.15, 0.2) is 17.0 Å². The maximum absolute atomic E-state index is 11.2. The van der Waals surface area contributed by atoms with Crippen LogP contribution in [-0.4, -0.2) is 8.42 Å². The lowest BCUT2D eigenvalue weighted by Crippen LogP contribution is -1.99. The van der Waals surface area contributed by atoms with Crippen LogP contribution >= 0.6 is 0 Å². The van der Waals surface area contributed by atoms with E-state index in [-0.39, 0.29) is 0 Å². The number of benzene rings is 1. The second-order valence-corrected chi connectivity index (χ2v) is 4.54. The van der Waals surface area contributed by atoms with Crippen molar-refractivity contribution in [2.75, 3.05) is 0 Å². The molecule has 2 nitrogen and oxygen atoms in total. The van der Waals surface area contributed by atoms with Gasteiger partial charge in [0.2, 0.25) is 0 Å². The molecule has 0 unspecified atom stereocenters. The summed E-state index contributed by atoms with van der Waals surface area (Å²) >= 11 is 0. The van der Waals surface area contributed by atoms with E-state index in [1.54, 1.807) is 0 Å². The Bertz CT molecular complexity index is 387. The first-order valence-corrected chi connectivity index (χ1v) is 6.60. The third-order valence-corrected chi connectivity index (χ3v) is 3.62. The fraction of sp³-hybridized carbons (Fsp3) is 0.500. The van der Waals surface area contributed by atoms with Gasteiger partial charge in [-0.3, -0.25) is 0 Å². The Labute approximate surface area is 93.3 Å². The molecule has 0 saturated heterocycles. The maximum Gasteiger partial charge on any atom is 0.168 e. The number of aryl methyl sites for hydroxylation is 3. The third-order valence-electron chi connectivity index (χ3n) is 2.68. The van der Waals surface area contributed by atoms with Crippen molar-refractivity contribution in [3.05, 3.63) is 28.8 Å². The molecule has 0 spiro atoms. The van der Waals surface area contributed by atoms with E-state index >= 15 is 0 Å². The highest BCUT2D eigenvalue weighted by atomic mass is 32.2. The Balaban J connectivity index is 3.46.